The van der Waals surface area contributed by atoms with Crippen LogP contribution in [0.5, 0.6) is 5.75 Å². The summed E-state index contributed by atoms with van der Waals surface area (Å²) >= 11 is 3.37. The molecule has 2 atom stereocenters. The highest BCUT2D eigenvalue weighted by atomic mass is 79.9. The molecular formula is C13H12BrClN2O2. The minimum Gasteiger partial charge on any atom is -0.487 e. The molecule has 6 heteroatoms. The number of benzene rings is 1. The Morgan fingerprint density at radius 2 is 2.21 bits per heavy atom. The third-order valence-electron chi connectivity index (χ3n) is 3.08. The lowest BCUT2D eigenvalue weighted by Gasteiger charge is -2.30. The molecule has 3 rings (SSSR count). The van der Waals surface area contributed by atoms with Crippen molar-refractivity contribution in [3.05, 3.63) is 47.0 Å². The van der Waals surface area contributed by atoms with Gasteiger partial charge in [0.1, 0.15) is 17.9 Å². The molecule has 0 N–H and O–H groups in total. The standard InChI is InChI=1S/C13H11BrN2O2.ClH/c1-8-12(16-5-4-15-7-16)13(17)10-6-9(14)2-3-11(10)18-8;/h2-8,12H,1H3;1H. The summed E-state index contributed by atoms with van der Waals surface area (Å²) in [6.07, 6.45) is 4.88. The minimum atomic E-state index is -0.353. The molecule has 1 aliphatic rings. The molecule has 1 aliphatic heterocycles. The molecule has 0 radical (unpaired) electrons. The van der Waals surface area contributed by atoms with Crippen LogP contribution in [0.25, 0.3) is 0 Å². The Hall–Kier alpha value is -1.33. The Balaban J connectivity index is 0.00000133. The van der Waals surface area contributed by atoms with E-state index in [1.807, 2.05) is 19.1 Å². The van der Waals surface area contributed by atoms with Gasteiger partial charge in [-0.3, -0.25) is 4.79 Å². The predicted molar refractivity (Wildman–Crippen MR) is 77.1 cm³/mol. The Morgan fingerprint density at radius 3 is 2.89 bits per heavy atom. The van der Waals surface area contributed by atoms with Crippen molar-refractivity contribution in [1.29, 1.82) is 0 Å². The number of carbonyl (C=O) groups is 1. The van der Waals surface area contributed by atoms with Crippen LogP contribution in [0.1, 0.15) is 23.3 Å². The van der Waals surface area contributed by atoms with Crippen LogP contribution in [0.3, 0.4) is 0 Å². The van der Waals surface area contributed by atoms with Gasteiger partial charge in [0.25, 0.3) is 0 Å². The van der Waals surface area contributed by atoms with Crippen molar-refractivity contribution in [2.75, 3.05) is 0 Å². The molecule has 0 saturated heterocycles. The third-order valence-corrected chi connectivity index (χ3v) is 3.57. The van der Waals surface area contributed by atoms with Gasteiger partial charge in [-0.1, -0.05) is 15.9 Å². The van der Waals surface area contributed by atoms with Gasteiger partial charge in [0.15, 0.2) is 5.78 Å². The molecule has 19 heavy (non-hydrogen) atoms. The van der Waals surface area contributed by atoms with Crippen LogP contribution in [0, 0.1) is 0 Å². The van der Waals surface area contributed by atoms with E-state index in [2.05, 4.69) is 20.9 Å². The second-order valence-electron chi connectivity index (χ2n) is 4.28. The predicted octanol–water partition coefficient (Wildman–Crippen LogP) is 3.27. The first-order valence-electron chi connectivity index (χ1n) is 5.64. The highest BCUT2D eigenvalue weighted by Gasteiger charge is 2.35. The van der Waals surface area contributed by atoms with E-state index < -0.39 is 0 Å². The van der Waals surface area contributed by atoms with Gasteiger partial charge in [-0.05, 0) is 25.1 Å². The van der Waals surface area contributed by atoms with Crippen LogP contribution in [0.15, 0.2) is 41.4 Å². The monoisotopic (exact) mass is 342 g/mol. The maximum Gasteiger partial charge on any atom is 0.193 e. The van der Waals surface area contributed by atoms with Crippen LogP contribution in [-0.4, -0.2) is 21.4 Å². The molecule has 0 aliphatic carbocycles. The molecule has 2 heterocycles. The summed E-state index contributed by atoms with van der Waals surface area (Å²) in [5, 5.41) is 0. The first kappa shape index (κ1) is 14.1. The zero-order valence-electron chi connectivity index (χ0n) is 10.1. The van der Waals surface area contributed by atoms with Crippen molar-refractivity contribution in [2.45, 2.75) is 19.1 Å². The van der Waals surface area contributed by atoms with Crippen LogP contribution < -0.4 is 4.74 Å². The number of Topliss-reactive ketones (excluding diaryl/α,β-unsaturated/α-hetero) is 1. The van der Waals surface area contributed by atoms with Gasteiger partial charge in [-0.2, -0.15) is 0 Å². The lowest BCUT2D eigenvalue weighted by molar-refractivity contribution is 0.0718. The smallest absolute Gasteiger partial charge is 0.193 e. The van der Waals surface area contributed by atoms with E-state index in [0.29, 0.717) is 11.3 Å². The second-order valence-corrected chi connectivity index (χ2v) is 5.20. The molecule has 100 valence electrons. The van der Waals surface area contributed by atoms with Crippen LogP contribution >= 0.6 is 28.3 Å². The van der Waals surface area contributed by atoms with Gasteiger partial charge in [-0.25, -0.2) is 4.98 Å². The Bertz CT molecular complexity index is 601. The van der Waals surface area contributed by atoms with E-state index in [1.54, 1.807) is 29.4 Å². The number of ketones is 1. The molecule has 1 aromatic carbocycles. The number of nitrogens with zero attached hydrogens (tertiary/aromatic N) is 2. The Kier molecular flexibility index (Phi) is 3.96. The third kappa shape index (κ3) is 2.40. The number of hydrogen-bond donors (Lipinski definition) is 0. The van der Waals surface area contributed by atoms with E-state index in [4.69, 9.17) is 4.74 Å². The molecule has 0 fully saturated rings. The highest BCUT2D eigenvalue weighted by Crippen LogP contribution is 2.34. The quantitative estimate of drug-likeness (QED) is 0.798. The van der Waals surface area contributed by atoms with E-state index >= 15 is 0 Å². The van der Waals surface area contributed by atoms with Crippen molar-refractivity contribution in [2.24, 2.45) is 0 Å². The fourth-order valence-corrected chi connectivity index (χ4v) is 2.61. The van der Waals surface area contributed by atoms with Gasteiger partial charge in [0, 0.05) is 16.9 Å². The number of imidazole rings is 1. The molecule has 4 nitrogen and oxygen atoms in total. The summed E-state index contributed by atoms with van der Waals surface area (Å²) in [4.78, 5) is 16.5. The van der Waals surface area contributed by atoms with E-state index in [1.165, 1.54) is 0 Å². The molecule has 0 bridgehead atoms. The average molecular weight is 344 g/mol. The SMILES string of the molecule is CC1Oc2ccc(Br)cc2C(=O)C1n1ccnc1.Cl. The van der Waals surface area contributed by atoms with Gasteiger partial charge < -0.3 is 9.30 Å². The number of rotatable bonds is 1. The largest absolute Gasteiger partial charge is 0.487 e. The van der Waals surface area contributed by atoms with Crippen molar-refractivity contribution in [3.63, 3.8) is 0 Å². The Labute approximate surface area is 125 Å². The highest BCUT2D eigenvalue weighted by molar-refractivity contribution is 9.10. The molecule has 1 aromatic heterocycles. The van der Waals surface area contributed by atoms with Crippen LogP contribution in [0.2, 0.25) is 0 Å². The number of carbonyl (C=O) groups excluding carboxylic acids is 1. The molecule has 0 amide bonds. The molecule has 2 unspecified atom stereocenters. The van der Waals surface area contributed by atoms with Gasteiger partial charge >= 0.3 is 0 Å². The van der Waals surface area contributed by atoms with Crippen LogP contribution in [0.4, 0.5) is 0 Å². The van der Waals surface area contributed by atoms with Crippen molar-refractivity contribution < 1.29 is 9.53 Å². The van der Waals surface area contributed by atoms with Gasteiger partial charge in [0.05, 0.1) is 11.9 Å². The molecule has 0 spiro atoms. The first-order chi connectivity index (χ1) is 8.66. The van der Waals surface area contributed by atoms with Crippen LogP contribution in [-0.2, 0) is 0 Å². The summed E-state index contributed by atoms with van der Waals surface area (Å²) in [7, 11) is 0. The summed E-state index contributed by atoms with van der Waals surface area (Å²) in [6, 6.07) is 5.14. The summed E-state index contributed by atoms with van der Waals surface area (Å²) in [5.41, 5.74) is 0.612. The average Bonchev–Trinajstić information content (AvgIpc) is 2.84. The number of ether oxygens (including phenoxy) is 1. The normalized spacial score (nSPS) is 21.3. The number of fused-ring (bicyclic) bond motifs is 1. The molecular weight excluding hydrogens is 332 g/mol. The van der Waals surface area contributed by atoms with E-state index in [0.717, 1.165) is 4.47 Å². The number of hydrogen-bond acceptors (Lipinski definition) is 3. The minimum absolute atomic E-state index is 0. The summed E-state index contributed by atoms with van der Waals surface area (Å²) < 4.78 is 8.46. The molecule has 0 saturated carbocycles. The lowest BCUT2D eigenvalue weighted by Crippen LogP contribution is -2.37. The van der Waals surface area contributed by atoms with E-state index in [-0.39, 0.29) is 30.3 Å². The summed E-state index contributed by atoms with van der Waals surface area (Å²) in [5.74, 6) is 0.704. The van der Waals surface area contributed by atoms with Crippen molar-refractivity contribution in [3.8, 4) is 5.75 Å². The fraction of sp³-hybridized carbons (Fsp3) is 0.231. The second kappa shape index (κ2) is 5.35. The van der Waals surface area contributed by atoms with Crippen molar-refractivity contribution >= 4 is 34.1 Å². The van der Waals surface area contributed by atoms with Gasteiger partial charge in [-0.15, -0.1) is 12.4 Å². The van der Waals surface area contributed by atoms with Crippen molar-refractivity contribution in [1.82, 2.24) is 9.55 Å². The first-order valence-corrected chi connectivity index (χ1v) is 6.44. The Morgan fingerprint density at radius 1 is 1.42 bits per heavy atom. The zero-order chi connectivity index (χ0) is 12.7. The maximum atomic E-state index is 12.5. The molecule has 2 aromatic rings. The number of halogens is 2. The van der Waals surface area contributed by atoms with Gasteiger partial charge in [0.2, 0.25) is 0 Å². The maximum absolute atomic E-state index is 12.5. The lowest BCUT2D eigenvalue weighted by atomic mass is 9.96. The van der Waals surface area contributed by atoms with E-state index in [9.17, 15) is 4.79 Å². The topological polar surface area (TPSA) is 44.1 Å². The zero-order valence-corrected chi connectivity index (χ0v) is 12.5. The fourth-order valence-electron chi connectivity index (χ4n) is 2.25. The summed E-state index contributed by atoms with van der Waals surface area (Å²) in [6.45, 7) is 1.90. The number of aromatic nitrogens is 2.